The normalized spacial score (nSPS) is 24.1. The summed E-state index contributed by atoms with van der Waals surface area (Å²) >= 11 is 1.84. The second-order valence-corrected chi connectivity index (χ2v) is 7.79. The van der Waals surface area contributed by atoms with Gasteiger partial charge in [-0.2, -0.15) is 5.06 Å². The molecule has 0 atom stereocenters. The van der Waals surface area contributed by atoms with Crippen LogP contribution in [0, 0.1) is 0 Å². The number of rotatable bonds is 5. The molecule has 0 aromatic carbocycles. The molecule has 1 fully saturated rings. The lowest BCUT2D eigenvalue weighted by Gasteiger charge is -2.51. The van der Waals surface area contributed by atoms with Crippen LogP contribution in [-0.2, 0) is 4.74 Å². The summed E-state index contributed by atoms with van der Waals surface area (Å²) in [5.74, 6) is 0.703. The monoisotopic (exact) mass is 273 g/mol. The molecule has 1 saturated heterocycles. The minimum Gasteiger partial charge on any atom is -0.367 e. The summed E-state index contributed by atoms with van der Waals surface area (Å²) in [7, 11) is 0. The Balaban J connectivity index is 2.46. The van der Waals surface area contributed by atoms with E-state index in [2.05, 4.69) is 34.3 Å². The second-order valence-electron chi connectivity index (χ2n) is 6.56. The van der Waals surface area contributed by atoms with Crippen molar-refractivity contribution >= 4 is 11.8 Å². The molecule has 18 heavy (non-hydrogen) atoms. The van der Waals surface area contributed by atoms with Crippen molar-refractivity contribution in [3.8, 4) is 0 Å². The lowest BCUT2D eigenvalue weighted by molar-refractivity contribution is -0.240. The first-order chi connectivity index (χ1) is 8.15. The molecule has 4 heteroatoms. The van der Waals surface area contributed by atoms with Crippen molar-refractivity contribution in [2.24, 2.45) is 0 Å². The molecule has 1 heterocycles. The smallest absolute Gasteiger partial charge is 0.0928 e. The third-order valence-corrected chi connectivity index (χ3v) is 4.44. The van der Waals surface area contributed by atoms with Crippen LogP contribution in [0.5, 0.6) is 0 Å². The Bertz CT molecular complexity index is 284. The Kier molecular flexibility index (Phi) is 5.30. The van der Waals surface area contributed by atoms with Gasteiger partial charge in [0, 0.05) is 16.3 Å². The molecule has 0 bridgehead atoms. The van der Waals surface area contributed by atoms with Crippen LogP contribution in [0.1, 0.15) is 47.5 Å². The summed E-state index contributed by atoms with van der Waals surface area (Å²) < 4.78 is 5.55. The Hall–Kier alpha value is -0.0300. The quantitative estimate of drug-likeness (QED) is 0.470. The number of nitrogens with zero attached hydrogens (tertiary/aromatic N) is 1. The molecular formula is C14H27NO2S. The van der Waals surface area contributed by atoms with Crippen LogP contribution in [0.3, 0.4) is 0 Å². The highest BCUT2D eigenvalue weighted by Crippen LogP contribution is 2.41. The fraction of sp³-hybridized carbons (Fsp3) is 0.857. The van der Waals surface area contributed by atoms with Gasteiger partial charge in [0.15, 0.2) is 0 Å². The molecule has 0 unspecified atom stereocenters. The number of ether oxygens (including phenoxy) is 1. The summed E-state index contributed by atoms with van der Waals surface area (Å²) in [6.45, 7) is 14.8. The largest absolute Gasteiger partial charge is 0.367 e. The van der Waals surface area contributed by atoms with Gasteiger partial charge in [0.05, 0.1) is 12.5 Å². The van der Waals surface area contributed by atoms with Crippen molar-refractivity contribution in [2.45, 2.75) is 63.8 Å². The molecule has 3 nitrogen and oxygen atoms in total. The highest BCUT2D eigenvalue weighted by molar-refractivity contribution is 7.99. The summed E-state index contributed by atoms with van der Waals surface area (Å²) in [5, 5.41) is 12.3. The molecule has 0 saturated carbocycles. The molecule has 106 valence electrons. The van der Waals surface area contributed by atoms with Gasteiger partial charge in [-0.05, 0) is 47.5 Å². The number of thioether (sulfide) groups is 1. The van der Waals surface area contributed by atoms with Crippen LogP contribution in [0.2, 0.25) is 0 Å². The average molecular weight is 273 g/mol. The average Bonchev–Trinajstić information content (AvgIpc) is 2.20. The highest BCUT2D eigenvalue weighted by atomic mass is 32.2. The molecule has 0 aromatic rings. The zero-order chi connectivity index (χ0) is 14.0. The van der Waals surface area contributed by atoms with Crippen molar-refractivity contribution in [1.82, 2.24) is 5.06 Å². The molecule has 0 aromatic heterocycles. The lowest BCUT2D eigenvalue weighted by atomic mass is 9.82. The van der Waals surface area contributed by atoms with Crippen molar-refractivity contribution in [3.05, 3.63) is 12.2 Å². The summed E-state index contributed by atoms with van der Waals surface area (Å²) in [6, 6.07) is 0. The number of piperidine rings is 1. The van der Waals surface area contributed by atoms with Gasteiger partial charge in [0.2, 0.25) is 0 Å². The van der Waals surface area contributed by atoms with Crippen LogP contribution < -0.4 is 0 Å². The third kappa shape index (κ3) is 4.26. The molecule has 1 N–H and O–H groups in total. The highest BCUT2D eigenvalue weighted by Gasteiger charge is 2.44. The van der Waals surface area contributed by atoms with Crippen molar-refractivity contribution in [1.29, 1.82) is 0 Å². The number of hydroxylamine groups is 2. The van der Waals surface area contributed by atoms with Gasteiger partial charge in [-0.1, -0.05) is 12.2 Å². The molecule has 1 rings (SSSR count). The summed E-state index contributed by atoms with van der Waals surface area (Å²) in [6.07, 6.45) is 1.96. The van der Waals surface area contributed by atoms with Crippen molar-refractivity contribution < 1.29 is 9.94 Å². The fourth-order valence-electron chi connectivity index (χ4n) is 2.66. The van der Waals surface area contributed by atoms with Crippen LogP contribution >= 0.6 is 11.8 Å². The SMILES string of the molecule is C=C(C)COCSC1CC(C)(C)N(O)C(C)(C)C1. The van der Waals surface area contributed by atoms with Crippen LogP contribution in [0.25, 0.3) is 0 Å². The van der Waals surface area contributed by atoms with Crippen LogP contribution in [0.4, 0.5) is 0 Å². The number of hydrogen-bond acceptors (Lipinski definition) is 4. The minimum atomic E-state index is -0.173. The standard InChI is InChI=1S/C14H27NO2S/c1-11(2)9-17-10-18-12-7-13(3,4)15(16)14(5,6)8-12/h12,16H,1,7-10H2,2-6H3. The van der Waals surface area contributed by atoms with Gasteiger partial charge < -0.3 is 9.94 Å². The van der Waals surface area contributed by atoms with E-state index >= 15 is 0 Å². The molecule has 1 aliphatic heterocycles. The first-order valence-electron chi connectivity index (χ1n) is 6.48. The molecule has 1 aliphatic rings. The van der Waals surface area contributed by atoms with E-state index in [0.29, 0.717) is 17.8 Å². The maximum atomic E-state index is 10.2. The zero-order valence-electron chi connectivity index (χ0n) is 12.3. The topological polar surface area (TPSA) is 32.7 Å². The van der Waals surface area contributed by atoms with E-state index in [-0.39, 0.29) is 11.1 Å². The van der Waals surface area contributed by atoms with Gasteiger partial charge in [0.25, 0.3) is 0 Å². The van der Waals surface area contributed by atoms with Gasteiger partial charge in [0.1, 0.15) is 0 Å². The van der Waals surface area contributed by atoms with E-state index in [1.165, 1.54) is 5.06 Å². The number of hydrogen-bond donors (Lipinski definition) is 1. The van der Waals surface area contributed by atoms with E-state index in [1.807, 2.05) is 18.7 Å². The van der Waals surface area contributed by atoms with E-state index in [4.69, 9.17) is 4.74 Å². The fourth-order valence-corrected chi connectivity index (χ4v) is 4.08. The predicted molar refractivity (Wildman–Crippen MR) is 78.0 cm³/mol. The van der Waals surface area contributed by atoms with Crippen molar-refractivity contribution in [3.63, 3.8) is 0 Å². The Morgan fingerprint density at radius 3 is 2.28 bits per heavy atom. The van der Waals surface area contributed by atoms with E-state index in [0.717, 1.165) is 18.4 Å². The van der Waals surface area contributed by atoms with Gasteiger partial charge in [-0.25, -0.2) is 0 Å². The Morgan fingerprint density at radius 2 is 1.83 bits per heavy atom. The Morgan fingerprint density at radius 1 is 1.33 bits per heavy atom. The van der Waals surface area contributed by atoms with Gasteiger partial charge >= 0.3 is 0 Å². The van der Waals surface area contributed by atoms with Gasteiger partial charge in [-0.3, -0.25) is 0 Å². The van der Waals surface area contributed by atoms with E-state index in [1.54, 1.807) is 0 Å². The minimum absolute atomic E-state index is 0.173. The molecule has 0 radical (unpaired) electrons. The summed E-state index contributed by atoms with van der Waals surface area (Å²) in [4.78, 5) is 0. The molecule has 0 amide bonds. The zero-order valence-corrected chi connectivity index (χ0v) is 13.1. The lowest BCUT2D eigenvalue weighted by Crippen LogP contribution is -2.59. The van der Waals surface area contributed by atoms with Crippen molar-refractivity contribution in [2.75, 3.05) is 12.5 Å². The first-order valence-corrected chi connectivity index (χ1v) is 7.53. The predicted octanol–water partition coefficient (Wildman–Crippen LogP) is 3.68. The molecule has 0 aliphatic carbocycles. The third-order valence-electron chi connectivity index (χ3n) is 3.34. The second kappa shape index (κ2) is 5.95. The van der Waals surface area contributed by atoms with Crippen LogP contribution in [-0.4, -0.2) is 39.1 Å². The van der Waals surface area contributed by atoms with Crippen LogP contribution in [0.15, 0.2) is 12.2 Å². The first kappa shape index (κ1) is 16.0. The molecular weight excluding hydrogens is 246 g/mol. The maximum absolute atomic E-state index is 10.2. The van der Waals surface area contributed by atoms with Gasteiger partial charge in [-0.15, -0.1) is 11.8 Å². The summed E-state index contributed by atoms with van der Waals surface area (Å²) in [5.41, 5.74) is 0.711. The Labute approximate surface area is 116 Å². The molecule has 0 spiro atoms. The maximum Gasteiger partial charge on any atom is 0.0928 e. The van der Waals surface area contributed by atoms with E-state index < -0.39 is 0 Å². The van der Waals surface area contributed by atoms with E-state index in [9.17, 15) is 5.21 Å².